The molecule has 3 aromatic rings. The molecule has 0 amide bonds. The Bertz CT molecular complexity index is 727. The Morgan fingerprint density at radius 2 is 1.84 bits per heavy atom. The molecule has 0 unspecified atom stereocenters. The number of fused-ring (bicyclic) bond motifs is 1. The molecule has 0 aliphatic rings. The first-order valence-corrected chi connectivity index (χ1v) is 7.79. The van der Waals surface area contributed by atoms with Gasteiger partial charge in [0, 0.05) is 10.6 Å². The van der Waals surface area contributed by atoms with E-state index in [-0.39, 0.29) is 0 Å². The number of aryl methyl sites for hydroxylation is 3. The summed E-state index contributed by atoms with van der Waals surface area (Å²) in [6, 6.07) is 6.33. The third-order valence-electron chi connectivity index (χ3n) is 2.95. The van der Waals surface area contributed by atoms with E-state index in [0.717, 1.165) is 33.5 Å². The van der Waals surface area contributed by atoms with Crippen LogP contribution in [0.15, 0.2) is 18.2 Å². The van der Waals surface area contributed by atoms with Gasteiger partial charge in [0.05, 0.1) is 32.5 Å². The Balaban J connectivity index is 1.79. The van der Waals surface area contributed by atoms with E-state index in [1.807, 2.05) is 13.8 Å². The SMILES string of the molecule is Cc1nc(C)c(CNc2ccc3nc(C)sc3c2)s1. The van der Waals surface area contributed by atoms with Crippen molar-refractivity contribution in [2.75, 3.05) is 5.32 Å². The molecule has 0 saturated carbocycles. The average molecular weight is 289 g/mol. The van der Waals surface area contributed by atoms with Crippen molar-refractivity contribution in [1.82, 2.24) is 9.97 Å². The Morgan fingerprint density at radius 1 is 1.05 bits per heavy atom. The van der Waals surface area contributed by atoms with E-state index >= 15 is 0 Å². The van der Waals surface area contributed by atoms with Crippen molar-refractivity contribution in [1.29, 1.82) is 0 Å². The molecule has 1 N–H and O–H groups in total. The molecule has 3 rings (SSSR count). The third-order valence-corrected chi connectivity index (χ3v) is 4.95. The molecule has 2 aromatic heterocycles. The minimum Gasteiger partial charge on any atom is -0.380 e. The Kier molecular flexibility index (Phi) is 3.24. The van der Waals surface area contributed by atoms with Gasteiger partial charge in [0.1, 0.15) is 0 Å². The second-order valence-electron chi connectivity index (χ2n) is 4.51. The number of aromatic nitrogens is 2. The van der Waals surface area contributed by atoms with Crippen LogP contribution in [0.2, 0.25) is 0 Å². The van der Waals surface area contributed by atoms with Gasteiger partial charge in [-0.2, -0.15) is 0 Å². The highest BCUT2D eigenvalue weighted by atomic mass is 32.1. The number of hydrogen-bond acceptors (Lipinski definition) is 5. The highest BCUT2D eigenvalue weighted by Gasteiger charge is 2.05. The quantitative estimate of drug-likeness (QED) is 0.781. The number of benzene rings is 1. The lowest BCUT2D eigenvalue weighted by Crippen LogP contribution is -1.98. The van der Waals surface area contributed by atoms with E-state index in [9.17, 15) is 0 Å². The maximum Gasteiger partial charge on any atom is 0.0907 e. The van der Waals surface area contributed by atoms with Crippen molar-refractivity contribution in [3.63, 3.8) is 0 Å². The molecule has 19 heavy (non-hydrogen) atoms. The Labute approximate surface area is 120 Å². The van der Waals surface area contributed by atoms with Gasteiger partial charge in [-0.05, 0) is 39.0 Å². The third kappa shape index (κ3) is 2.62. The van der Waals surface area contributed by atoms with Crippen molar-refractivity contribution in [3.05, 3.63) is 38.8 Å². The van der Waals surface area contributed by atoms with E-state index in [4.69, 9.17) is 0 Å². The van der Waals surface area contributed by atoms with Crippen molar-refractivity contribution in [2.45, 2.75) is 27.3 Å². The van der Waals surface area contributed by atoms with Crippen LogP contribution in [0.4, 0.5) is 5.69 Å². The van der Waals surface area contributed by atoms with Gasteiger partial charge < -0.3 is 5.32 Å². The molecule has 3 nitrogen and oxygen atoms in total. The fourth-order valence-corrected chi connectivity index (χ4v) is 3.81. The molecule has 5 heteroatoms. The van der Waals surface area contributed by atoms with Gasteiger partial charge in [-0.15, -0.1) is 22.7 Å². The van der Waals surface area contributed by atoms with Crippen LogP contribution >= 0.6 is 22.7 Å². The van der Waals surface area contributed by atoms with Crippen LogP contribution in [0.3, 0.4) is 0 Å². The lowest BCUT2D eigenvalue weighted by atomic mass is 10.3. The summed E-state index contributed by atoms with van der Waals surface area (Å²) >= 11 is 3.49. The number of hydrogen-bond donors (Lipinski definition) is 1. The summed E-state index contributed by atoms with van der Waals surface area (Å²) in [6.07, 6.45) is 0. The number of anilines is 1. The van der Waals surface area contributed by atoms with Crippen molar-refractivity contribution in [3.8, 4) is 0 Å². The number of rotatable bonds is 3. The molecule has 1 aromatic carbocycles. The maximum atomic E-state index is 4.47. The van der Waals surface area contributed by atoms with Gasteiger partial charge in [-0.25, -0.2) is 9.97 Å². The average Bonchev–Trinajstić information content (AvgIpc) is 2.87. The van der Waals surface area contributed by atoms with Crippen LogP contribution in [-0.2, 0) is 6.54 Å². The first kappa shape index (κ1) is 12.6. The standard InChI is InChI=1S/C14H15N3S2/c1-8-14(19-9(2)16-8)7-15-11-4-5-12-13(6-11)18-10(3)17-12/h4-6,15H,7H2,1-3H3. The van der Waals surface area contributed by atoms with Gasteiger partial charge >= 0.3 is 0 Å². The molecular formula is C14H15N3S2. The van der Waals surface area contributed by atoms with Crippen molar-refractivity contribution >= 4 is 38.6 Å². The molecule has 0 saturated heterocycles. The molecule has 0 bridgehead atoms. The number of thiazole rings is 2. The Morgan fingerprint density at radius 3 is 2.58 bits per heavy atom. The summed E-state index contributed by atoms with van der Waals surface area (Å²) in [4.78, 5) is 10.2. The van der Waals surface area contributed by atoms with Crippen LogP contribution in [0.5, 0.6) is 0 Å². The predicted octanol–water partition coefficient (Wildman–Crippen LogP) is 4.29. The Hall–Kier alpha value is -1.46. The molecule has 2 heterocycles. The summed E-state index contributed by atoms with van der Waals surface area (Å²) < 4.78 is 1.24. The molecule has 0 fully saturated rings. The predicted molar refractivity (Wildman–Crippen MR) is 83.3 cm³/mol. The van der Waals surface area contributed by atoms with Gasteiger partial charge in [0.2, 0.25) is 0 Å². The molecule has 0 aliphatic heterocycles. The van der Waals surface area contributed by atoms with Gasteiger partial charge in [-0.1, -0.05) is 0 Å². The van der Waals surface area contributed by atoms with Crippen LogP contribution in [0.1, 0.15) is 20.6 Å². The fourth-order valence-electron chi connectivity index (χ4n) is 2.07. The van der Waals surface area contributed by atoms with Crippen LogP contribution in [-0.4, -0.2) is 9.97 Å². The lowest BCUT2D eigenvalue weighted by Gasteiger charge is -2.05. The lowest BCUT2D eigenvalue weighted by molar-refractivity contribution is 1.11. The molecule has 0 radical (unpaired) electrons. The van der Waals surface area contributed by atoms with Crippen molar-refractivity contribution in [2.24, 2.45) is 0 Å². The summed E-state index contributed by atoms with van der Waals surface area (Å²) in [6.45, 7) is 6.99. The van der Waals surface area contributed by atoms with Gasteiger partial charge in [0.25, 0.3) is 0 Å². The van der Waals surface area contributed by atoms with Gasteiger partial charge in [-0.3, -0.25) is 0 Å². The normalized spacial score (nSPS) is 11.1. The smallest absolute Gasteiger partial charge is 0.0907 e. The van der Waals surface area contributed by atoms with Crippen LogP contribution < -0.4 is 5.32 Å². The van der Waals surface area contributed by atoms with Crippen molar-refractivity contribution < 1.29 is 0 Å². The maximum absolute atomic E-state index is 4.47. The molecule has 0 aliphatic carbocycles. The van der Waals surface area contributed by atoms with Crippen LogP contribution in [0, 0.1) is 20.8 Å². The minimum absolute atomic E-state index is 0.834. The number of nitrogens with one attached hydrogen (secondary N) is 1. The number of nitrogens with zero attached hydrogens (tertiary/aromatic N) is 2. The highest BCUT2D eigenvalue weighted by molar-refractivity contribution is 7.18. The van der Waals surface area contributed by atoms with E-state index in [1.54, 1.807) is 22.7 Å². The topological polar surface area (TPSA) is 37.8 Å². The monoisotopic (exact) mass is 289 g/mol. The first-order valence-electron chi connectivity index (χ1n) is 6.16. The van der Waals surface area contributed by atoms with E-state index < -0.39 is 0 Å². The minimum atomic E-state index is 0.834. The molecule has 0 atom stereocenters. The second-order valence-corrected chi connectivity index (χ2v) is 7.03. The first-order chi connectivity index (χ1) is 9.11. The largest absolute Gasteiger partial charge is 0.380 e. The highest BCUT2D eigenvalue weighted by Crippen LogP contribution is 2.25. The second kappa shape index (κ2) is 4.90. The summed E-state index contributed by atoms with van der Waals surface area (Å²) in [5.74, 6) is 0. The zero-order chi connectivity index (χ0) is 13.4. The summed E-state index contributed by atoms with van der Waals surface area (Å²) in [7, 11) is 0. The summed E-state index contributed by atoms with van der Waals surface area (Å²) in [5.41, 5.74) is 3.35. The fraction of sp³-hybridized carbons (Fsp3) is 0.286. The van der Waals surface area contributed by atoms with E-state index in [0.29, 0.717) is 0 Å². The van der Waals surface area contributed by atoms with E-state index in [1.165, 1.54) is 9.58 Å². The zero-order valence-corrected chi connectivity index (χ0v) is 12.8. The molecule has 0 spiro atoms. The molecular weight excluding hydrogens is 274 g/mol. The van der Waals surface area contributed by atoms with E-state index in [2.05, 4.69) is 40.4 Å². The van der Waals surface area contributed by atoms with Gasteiger partial charge in [0.15, 0.2) is 0 Å². The zero-order valence-electron chi connectivity index (χ0n) is 11.2. The van der Waals surface area contributed by atoms with Crippen LogP contribution in [0.25, 0.3) is 10.2 Å². The molecule has 98 valence electrons. The summed E-state index contributed by atoms with van der Waals surface area (Å²) in [5, 5.41) is 5.71.